The number of fused-ring (bicyclic) bond motifs is 1. The molecule has 2 atom stereocenters. The molecule has 1 fully saturated rings. The van der Waals surface area contributed by atoms with E-state index in [1.807, 2.05) is 54.9 Å². The highest BCUT2D eigenvalue weighted by atomic mass is 16.5. The standard InChI is InChI=1S/C26H29N5O2/c1-19-16-31(17-20(2)33-19)25-10-8-21(14-28-25)15-29-26(32)11-9-22-18-30(13-5-12-27)24-7-4-3-6-23(22)24/h3-4,6-11,14,18-20H,5,13,15-17H2,1-2H3,(H,29,32)/b11-9+. The lowest BCUT2D eigenvalue weighted by Gasteiger charge is -2.36. The SMILES string of the molecule is CC1CN(c2ccc(CNC(=O)/C=C/c3cn(CCC#N)c4ccccc34)cn2)CC(C)O1. The number of hydrogen-bond donors (Lipinski definition) is 1. The summed E-state index contributed by atoms with van der Waals surface area (Å²) in [6.45, 7) is 6.84. The Morgan fingerprint density at radius 1 is 1.24 bits per heavy atom. The van der Waals surface area contributed by atoms with Crippen LogP contribution in [-0.4, -0.2) is 40.8 Å². The van der Waals surface area contributed by atoms with Crippen molar-refractivity contribution in [1.82, 2.24) is 14.9 Å². The summed E-state index contributed by atoms with van der Waals surface area (Å²) in [4.78, 5) is 19.2. The summed E-state index contributed by atoms with van der Waals surface area (Å²) in [5.41, 5.74) is 2.96. The number of rotatable bonds is 7. The van der Waals surface area contributed by atoms with E-state index in [0.717, 1.165) is 40.9 Å². The predicted octanol–water partition coefficient (Wildman–Crippen LogP) is 3.89. The smallest absolute Gasteiger partial charge is 0.244 e. The highest BCUT2D eigenvalue weighted by Gasteiger charge is 2.22. The van der Waals surface area contributed by atoms with Gasteiger partial charge < -0.3 is 19.5 Å². The van der Waals surface area contributed by atoms with Crippen molar-refractivity contribution in [3.05, 3.63) is 66.0 Å². The average Bonchev–Trinajstić information content (AvgIpc) is 3.17. The molecule has 1 aliphatic heterocycles. The van der Waals surface area contributed by atoms with Gasteiger partial charge in [0.1, 0.15) is 5.82 Å². The first-order chi connectivity index (χ1) is 16.0. The molecular formula is C26H29N5O2. The fourth-order valence-corrected chi connectivity index (χ4v) is 4.25. The van der Waals surface area contributed by atoms with Gasteiger partial charge in [-0.2, -0.15) is 5.26 Å². The zero-order valence-corrected chi connectivity index (χ0v) is 19.1. The number of carbonyl (C=O) groups excluding carboxylic acids is 1. The minimum Gasteiger partial charge on any atom is -0.372 e. The van der Waals surface area contributed by atoms with Gasteiger partial charge in [0.15, 0.2) is 0 Å². The summed E-state index contributed by atoms with van der Waals surface area (Å²) in [5, 5.41) is 12.9. The first kappa shape index (κ1) is 22.6. The van der Waals surface area contributed by atoms with E-state index in [1.54, 1.807) is 6.08 Å². The molecule has 170 valence electrons. The number of anilines is 1. The molecule has 0 spiro atoms. The van der Waals surface area contributed by atoms with Gasteiger partial charge in [0, 0.05) is 61.1 Å². The fourth-order valence-electron chi connectivity index (χ4n) is 4.25. The molecular weight excluding hydrogens is 414 g/mol. The van der Waals surface area contributed by atoms with Crippen LogP contribution >= 0.6 is 0 Å². The van der Waals surface area contributed by atoms with Gasteiger partial charge in [0.2, 0.25) is 5.91 Å². The Kier molecular flexibility index (Phi) is 7.06. The second-order valence-electron chi connectivity index (χ2n) is 8.44. The van der Waals surface area contributed by atoms with Gasteiger partial charge in [-0.1, -0.05) is 24.3 Å². The summed E-state index contributed by atoms with van der Waals surface area (Å²) < 4.78 is 7.84. The molecule has 1 aromatic carbocycles. The number of benzene rings is 1. The van der Waals surface area contributed by atoms with Gasteiger partial charge in [-0.3, -0.25) is 4.79 Å². The summed E-state index contributed by atoms with van der Waals surface area (Å²) in [7, 11) is 0. The zero-order chi connectivity index (χ0) is 23.2. The van der Waals surface area contributed by atoms with E-state index < -0.39 is 0 Å². The lowest BCUT2D eigenvalue weighted by atomic mass is 10.1. The fraction of sp³-hybridized carbons (Fsp3) is 0.346. The van der Waals surface area contributed by atoms with Crippen LogP contribution in [0.25, 0.3) is 17.0 Å². The maximum atomic E-state index is 12.4. The van der Waals surface area contributed by atoms with Crippen LogP contribution in [0.2, 0.25) is 0 Å². The number of morpholine rings is 1. The molecule has 1 N–H and O–H groups in total. The Bertz CT molecular complexity index is 1170. The maximum Gasteiger partial charge on any atom is 0.244 e. The van der Waals surface area contributed by atoms with E-state index in [9.17, 15) is 4.79 Å². The van der Waals surface area contributed by atoms with E-state index >= 15 is 0 Å². The van der Waals surface area contributed by atoms with Gasteiger partial charge in [0.05, 0.1) is 24.7 Å². The van der Waals surface area contributed by atoms with Gasteiger partial charge in [0.25, 0.3) is 0 Å². The van der Waals surface area contributed by atoms with Gasteiger partial charge in [-0.05, 0) is 37.6 Å². The Morgan fingerprint density at radius 3 is 2.76 bits per heavy atom. The number of aryl methyl sites for hydroxylation is 1. The van der Waals surface area contributed by atoms with E-state index in [-0.39, 0.29) is 18.1 Å². The van der Waals surface area contributed by atoms with Crippen molar-refractivity contribution in [2.24, 2.45) is 0 Å². The number of nitrogens with one attached hydrogen (secondary N) is 1. The Morgan fingerprint density at radius 2 is 2.03 bits per heavy atom. The maximum absolute atomic E-state index is 12.4. The Balaban J connectivity index is 1.35. The summed E-state index contributed by atoms with van der Waals surface area (Å²) in [6.07, 6.45) is 7.98. The van der Waals surface area contributed by atoms with E-state index in [0.29, 0.717) is 19.5 Å². The molecule has 2 unspecified atom stereocenters. The summed E-state index contributed by atoms with van der Waals surface area (Å²) >= 11 is 0. The minimum absolute atomic E-state index is 0.163. The van der Waals surface area contributed by atoms with E-state index in [2.05, 4.69) is 39.7 Å². The third-order valence-electron chi connectivity index (χ3n) is 5.72. The largest absolute Gasteiger partial charge is 0.372 e. The van der Waals surface area contributed by atoms with E-state index in [4.69, 9.17) is 10.00 Å². The second-order valence-corrected chi connectivity index (χ2v) is 8.44. The number of nitriles is 1. The van der Waals surface area contributed by atoms with Crippen LogP contribution in [0.4, 0.5) is 5.82 Å². The summed E-state index contributed by atoms with van der Waals surface area (Å²) in [5.74, 6) is 0.767. The van der Waals surface area contributed by atoms with Crippen LogP contribution in [0.15, 0.2) is 54.9 Å². The zero-order valence-electron chi connectivity index (χ0n) is 19.1. The molecule has 3 heterocycles. The number of pyridine rings is 1. The lowest BCUT2D eigenvalue weighted by Crippen LogP contribution is -2.45. The Hall–Kier alpha value is -3.63. The van der Waals surface area contributed by atoms with Crippen molar-refractivity contribution >= 4 is 28.7 Å². The van der Waals surface area contributed by atoms with Crippen molar-refractivity contribution in [1.29, 1.82) is 5.26 Å². The highest BCUT2D eigenvalue weighted by molar-refractivity contribution is 5.96. The second kappa shape index (κ2) is 10.3. The number of ether oxygens (including phenoxy) is 1. The highest BCUT2D eigenvalue weighted by Crippen LogP contribution is 2.23. The van der Waals surface area contributed by atoms with Crippen molar-refractivity contribution in [3.63, 3.8) is 0 Å². The topological polar surface area (TPSA) is 83.2 Å². The van der Waals surface area contributed by atoms with Crippen LogP contribution in [0.5, 0.6) is 0 Å². The van der Waals surface area contributed by atoms with Crippen LogP contribution in [0.1, 0.15) is 31.4 Å². The van der Waals surface area contributed by atoms with Crippen LogP contribution in [0, 0.1) is 11.3 Å². The molecule has 0 aliphatic carbocycles. The third-order valence-corrected chi connectivity index (χ3v) is 5.72. The molecule has 0 saturated carbocycles. The molecule has 1 aliphatic rings. The van der Waals surface area contributed by atoms with Crippen LogP contribution in [0.3, 0.4) is 0 Å². The Labute approximate surface area is 194 Å². The number of para-hydroxylation sites is 1. The van der Waals surface area contributed by atoms with Crippen molar-refractivity contribution in [2.45, 2.75) is 45.6 Å². The molecule has 33 heavy (non-hydrogen) atoms. The monoisotopic (exact) mass is 443 g/mol. The van der Waals surface area contributed by atoms with Gasteiger partial charge in [-0.25, -0.2) is 4.98 Å². The minimum atomic E-state index is -0.163. The number of aromatic nitrogens is 2. The molecule has 7 nitrogen and oxygen atoms in total. The first-order valence-electron chi connectivity index (χ1n) is 11.3. The van der Waals surface area contributed by atoms with Crippen molar-refractivity contribution < 1.29 is 9.53 Å². The van der Waals surface area contributed by atoms with Gasteiger partial charge >= 0.3 is 0 Å². The average molecular weight is 444 g/mol. The third kappa shape index (κ3) is 5.60. The molecule has 1 amide bonds. The molecule has 3 aromatic rings. The number of amides is 1. The van der Waals surface area contributed by atoms with Crippen molar-refractivity contribution in [3.8, 4) is 6.07 Å². The lowest BCUT2D eigenvalue weighted by molar-refractivity contribution is -0.116. The van der Waals surface area contributed by atoms with Crippen LogP contribution < -0.4 is 10.2 Å². The van der Waals surface area contributed by atoms with Crippen molar-refractivity contribution in [2.75, 3.05) is 18.0 Å². The number of hydrogen-bond acceptors (Lipinski definition) is 5. The number of carbonyl (C=O) groups is 1. The molecule has 2 aromatic heterocycles. The molecule has 1 saturated heterocycles. The first-order valence-corrected chi connectivity index (χ1v) is 11.3. The molecule has 0 radical (unpaired) electrons. The molecule has 7 heteroatoms. The van der Waals surface area contributed by atoms with Crippen LogP contribution in [-0.2, 0) is 22.6 Å². The van der Waals surface area contributed by atoms with Gasteiger partial charge in [-0.15, -0.1) is 0 Å². The summed E-state index contributed by atoms with van der Waals surface area (Å²) in [6, 6.07) is 14.2. The number of nitrogens with zero attached hydrogens (tertiary/aromatic N) is 4. The molecule has 4 rings (SSSR count). The molecule has 0 bridgehead atoms. The normalized spacial score (nSPS) is 18.5. The predicted molar refractivity (Wildman–Crippen MR) is 130 cm³/mol. The quantitative estimate of drug-likeness (QED) is 0.560. The van der Waals surface area contributed by atoms with E-state index in [1.165, 1.54) is 0 Å².